The molecule has 5 aliphatic rings. The third kappa shape index (κ3) is 5.80. The average molecular weight is 540 g/mol. The van der Waals surface area contributed by atoms with E-state index in [0.29, 0.717) is 31.3 Å². The normalized spacial score (nSPS) is 32.1. The number of carbonyl (C=O) groups excluding carboxylic acids is 2. The Balaban J connectivity index is 1.24. The van der Waals surface area contributed by atoms with E-state index < -0.39 is 12.7 Å². The number of rotatable bonds is 6. The van der Waals surface area contributed by atoms with Gasteiger partial charge in [-0.2, -0.15) is 0 Å². The zero-order valence-electron chi connectivity index (χ0n) is 24.5. The maximum Gasteiger partial charge on any atom is 0.482 e. The molecule has 3 saturated carbocycles. The number of nitrogens with one attached hydrogen (secondary N) is 2. The van der Waals surface area contributed by atoms with Crippen molar-refractivity contribution in [3.05, 3.63) is 35.9 Å². The van der Waals surface area contributed by atoms with Crippen LogP contribution in [0.25, 0.3) is 0 Å². The number of carbonyl (C=O) groups is 2. The number of nitrogens with zero attached hydrogens (tertiary/aromatic N) is 1. The quantitative estimate of drug-likeness (QED) is 0.500. The SMILES string of the molecule is CC(C)(C)OC(=O)N1CCCC[C@H]1CNC(=O)N[C@@H](Cc1ccccc1)B1O[C@@H]2CC3C[C@@H](C3(C)C)[C@]2(C)O1. The number of likely N-dealkylation sites (tertiary alicyclic amines) is 1. The third-order valence-corrected chi connectivity index (χ3v) is 9.67. The van der Waals surface area contributed by atoms with Gasteiger partial charge in [-0.25, -0.2) is 9.59 Å². The van der Waals surface area contributed by atoms with Gasteiger partial charge in [0.25, 0.3) is 0 Å². The second kappa shape index (κ2) is 10.6. The van der Waals surface area contributed by atoms with Gasteiger partial charge in [-0.15, -0.1) is 0 Å². The van der Waals surface area contributed by atoms with Crippen molar-refractivity contribution in [2.24, 2.45) is 17.3 Å². The van der Waals surface area contributed by atoms with Crippen LogP contribution in [0, 0.1) is 17.3 Å². The van der Waals surface area contributed by atoms with Crippen LogP contribution < -0.4 is 10.6 Å². The van der Waals surface area contributed by atoms with Crippen LogP contribution >= 0.6 is 0 Å². The molecule has 8 nitrogen and oxygen atoms in total. The molecule has 0 radical (unpaired) electrons. The minimum Gasteiger partial charge on any atom is -0.444 e. The molecule has 9 heteroatoms. The number of benzene rings is 1. The van der Waals surface area contributed by atoms with Gasteiger partial charge in [-0.05, 0) is 89.0 Å². The van der Waals surface area contributed by atoms with Gasteiger partial charge in [0, 0.05) is 13.1 Å². The van der Waals surface area contributed by atoms with Gasteiger partial charge in [-0.3, -0.25) is 0 Å². The molecule has 1 unspecified atom stereocenters. The van der Waals surface area contributed by atoms with Gasteiger partial charge in [0.15, 0.2) is 0 Å². The molecule has 1 aromatic carbocycles. The number of piperidine rings is 1. The molecule has 2 N–H and O–H groups in total. The lowest BCUT2D eigenvalue weighted by Crippen LogP contribution is -2.65. The van der Waals surface area contributed by atoms with E-state index in [1.54, 1.807) is 4.90 Å². The summed E-state index contributed by atoms with van der Waals surface area (Å²) in [7, 11) is -0.519. The van der Waals surface area contributed by atoms with E-state index in [0.717, 1.165) is 31.2 Å². The molecular formula is C30H46BN3O5. The first-order chi connectivity index (χ1) is 18.4. The number of hydrogen-bond donors (Lipinski definition) is 2. The Morgan fingerprint density at radius 1 is 1.15 bits per heavy atom. The second-order valence-electron chi connectivity index (χ2n) is 13.8. The Hall–Kier alpha value is -2.26. The minimum absolute atomic E-state index is 0.0482. The number of urea groups is 1. The van der Waals surface area contributed by atoms with Crippen molar-refractivity contribution in [3.63, 3.8) is 0 Å². The van der Waals surface area contributed by atoms with Crippen molar-refractivity contribution in [3.8, 4) is 0 Å². The van der Waals surface area contributed by atoms with Crippen LogP contribution in [0.3, 0.4) is 0 Å². The zero-order valence-corrected chi connectivity index (χ0v) is 24.5. The highest BCUT2D eigenvalue weighted by Gasteiger charge is 2.68. The van der Waals surface area contributed by atoms with E-state index in [9.17, 15) is 9.59 Å². The molecule has 6 rings (SSSR count). The molecule has 2 heterocycles. The van der Waals surface area contributed by atoms with Crippen LogP contribution in [-0.2, 0) is 20.5 Å². The summed E-state index contributed by atoms with van der Waals surface area (Å²) in [6.45, 7) is 13.5. The van der Waals surface area contributed by atoms with E-state index in [1.807, 2.05) is 39.0 Å². The topological polar surface area (TPSA) is 89.1 Å². The van der Waals surface area contributed by atoms with E-state index in [1.165, 1.54) is 6.42 Å². The smallest absolute Gasteiger partial charge is 0.444 e. The van der Waals surface area contributed by atoms with Crippen LogP contribution in [-0.4, -0.2) is 66.5 Å². The fourth-order valence-electron chi connectivity index (χ4n) is 7.36. The molecule has 0 spiro atoms. The standard InChI is InChI=1S/C30H46BN3O5/c1-28(2,3)37-27(36)34-15-11-10-14-22(34)19-32-26(35)33-25(16-20-12-8-7-9-13-20)31-38-24-18-21-17-23(29(21,4)5)30(24,6)39-31/h7-9,12-13,21-25H,10-11,14-19H2,1-6H3,(H2,32,33,35)/t21?,22-,23-,24+,25-,30-/m0/s1. The Morgan fingerprint density at radius 2 is 1.90 bits per heavy atom. The predicted molar refractivity (Wildman–Crippen MR) is 151 cm³/mol. The highest BCUT2D eigenvalue weighted by atomic mass is 16.7. The van der Waals surface area contributed by atoms with E-state index in [-0.39, 0.29) is 41.2 Å². The van der Waals surface area contributed by atoms with Gasteiger partial charge in [-0.1, -0.05) is 44.2 Å². The van der Waals surface area contributed by atoms with Gasteiger partial charge < -0.3 is 29.6 Å². The first-order valence-corrected chi connectivity index (χ1v) is 14.8. The summed E-state index contributed by atoms with van der Waals surface area (Å²) in [5.41, 5.74) is 0.470. The molecule has 39 heavy (non-hydrogen) atoms. The fourth-order valence-corrected chi connectivity index (χ4v) is 7.36. The van der Waals surface area contributed by atoms with E-state index in [4.69, 9.17) is 14.0 Å². The fraction of sp³-hybridized carbons (Fsp3) is 0.733. The van der Waals surface area contributed by atoms with Crippen molar-refractivity contribution in [1.29, 1.82) is 0 Å². The van der Waals surface area contributed by atoms with Crippen LogP contribution in [0.1, 0.15) is 79.2 Å². The monoisotopic (exact) mass is 539 g/mol. The van der Waals surface area contributed by atoms with Crippen molar-refractivity contribution in [1.82, 2.24) is 15.5 Å². The van der Waals surface area contributed by atoms with Gasteiger partial charge in [0.2, 0.25) is 0 Å². The number of ether oxygens (including phenoxy) is 1. The van der Waals surface area contributed by atoms with Gasteiger partial charge >= 0.3 is 19.2 Å². The summed E-state index contributed by atoms with van der Waals surface area (Å²) in [6.07, 6.45) is 5.31. The average Bonchev–Trinajstić information content (AvgIpc) is 3.24. The van der Waals surface area contributed by atoms with Crippen LogP contribution in [0.15, 0.2) is 30.3 Å². The lowest BCUT2D eigenvalue weighted by molar-refractivity contribution is -0.199. The summed E-state index contributed by atoms with van der Waals surface area (Å²) in [6, 6.07) is 9.77. The van der Waals surface area contributed by atoms with Gasteiger partial charge in [0.05, 0.1) is 23.7 Å². The molecule has 2 bridgehead atoms. The molecule has 2 aliphatic heterocycles. The molecule has 3 aliphatic carbocycles. The Morgan fingerprint density at radius 3 is 2.59 bits per heavy atom. The third-order valence-electron chi connectivity index (χ3n) is 9.67. The minimum atomic E-state index is -0.556. The molecule has 1 aromatic rings. The maximum absolute atomic E-state index is 13.3. The summed E-state index contributed by atoms with van der Waals surface area (Å²) >= 11 is 0. The number of hydrogen-bond acceptors (Lipinski definition) is 5. The molecule has 6 atom stereocenters. The van der Waals surface area contributed by atoms with Crippen LogP contribution in [0.2, 0.25) is 0 Å². The Kier molecular flexibility index (Phi) is 7.70. The Labute approximate surface area is 234 Å². The largest absolute Gasteiger partial charge is 0.482 e. The molecule has 3 amide bonds. The first-order valence-electron chi connectivity index (χ1n) is 14.8. The van der Waals surface area contributed by atoms with E-state index >= 15 is 0 Å². The van der Waals surface area contributed by atoms with Crippen molar-refractivity contribution in [2.75, 3.05) is 13.1 Å². The van der Waals surface area contributed by atoms with Crippen LogP contribution in [0.5, 0.6) is 0 Å². The van der Waals surface area contributed by atoms with E-state index in [2.05, 4.69) is 43.5 Å². The summed E-state index contributed by atoms with van der Waals surface area (Å²) < 4.78 is 18.9. The highest BCUT2D eigenvalue weighted by molar-refractivity contribution is 6.48. The maximum atomic E-state index is 13.3. The number of amides is 3. The summed E-state index contributed by atoms with van der Waals surface area (Å²) in [5.74, 6) is 0.772. The highest BCUT2D eigenvalue weighted by Crippen LogP contribution is 2.65. The predicted octanol–water partition coefficient (Wildman–Crippen LogP) is 4.95. The second-order valence-corrected chi connectivity index (χ2v) is 13.8. The lowest BCUT2D eigenvalue weighted by atomic mass is 9.43. The molecule has 2 saturated heterocycles. The zero-order chi connectivity index (χ0) is 28.0. The first kappa shape index (κ1) is 28.3. The summed E-state index contributed by atoms with van der Waals surface area (Å²) in [4.78, 5) is 27.8. The van der Waals surface area contributed by atoms with Crippen LogP contribution in [0.4, 0.5) is 9.59 Å². The molecule has 0 aromatic heterocycles. The van der Waals surface area contributed by atoms with Crippen molar-refractivity contribution < 1.29 is 23.6 Å². The molecule has 214 valence electrons. The Bertz CT molecular complexity index is 1050. The molecular weight excluding hydrogens is 493 g/mol. The lowest BCUT2D eigenvalue weighted by Gasteiger charge is -2.64. The van der Waals surface area contributed by atoms with Gasteiger partial charge in [0.1, 0.15) is 5.60 Å². The van der Waals surface area contributed by atoms with Crippen molar-refractivity contribution >= 4 is 19.2 Å². The van der Waals surface area contributed by atoms with Crippen molar-refractivity contribution in [2.45, 2.75) is 109 Å². The molecule has 5 fully saturated rings. The summed E-state index contributed by atoms with van der Waals surface area (Å²) in [5, 5.41) is 6.20.